The molecule has 0 fully saturated rings. The highest BCUT2D eigenvalue weighted by Gasteiger charge is 2.05. The quantitative estimate of drug-likeness (QED) is 0.766. The average molecular weight is 189 g/mol. The lowest BCUT2D eigenvalue weighted by molar-refractivity contribution is 0.389. The summed E-state index contributed by atoms with van der Waals surface area (Å²) in [5.74, 6) is 0.613. The second-order valence-corrected chi connectivity index (χ2v) is 2.39. The Labute approximate surface area is 78.4 Å². The van der Waals surface area contributed by atoms with Crippen molar-refractivity contribution in [2.45, 2.75) is 13.0 Å². The van der Waals surface area contributed by atoms with Gasteiger partial charge in [-0.05, 0) is 13.0 Å². The van der Waals surface area contributed by atoms with Crippen molar-refractivity contribution in [3.05, 3.63) is 23.9 Å². The standard InChI is InChI=1S/C8H12N2O.ClH/c1-6(9)7-4-3-5-10-8(7)11-2;/h3-6H,9H2,1-2H3;1H. The van der Waals surface area contributed by atoms with Crippen LogP contribution in [0.2, 0.25) is 0 Å². The molecule has 0 bridgehead atoms. The topological polar surface area (TPSA) is 48.1 Å². The largest absolute Gasteiger partial charge is 0.481 e. The van der Waals surface area contributed by atoms with Gasteiger partial charge in [0.25, 0.3) is 0 Å². The van der Waals surface area contributed by atoms with E-state index in [1.165, 1.54) is 0 Å². The molecule has 0 saturated carbocycles. The molecule has 0 aliphatic rings. The Hall–Kier alpha value is -0.800. The van der Waals surface area contributed by atoms with E-state index in [0.29, 0.717) is 5.88 Å². The summed E-state index contributed by atoms with van der Waals surface area (Å²) in [6.07, 6.45) is 1.69. The number of nitrogens with zero attached hydrogens (tertiary/aromatic N) is 1. The first-order chi connectivity index (χ1) is 5.25. The normalized spacial score (nSPS) is 11.6. The number of ether oxygens (including phenoxy) is 1. The van der Waals surface area contributed by atoms with Gasteiger partial charge in [0.1, 0.15) is 0 Å². The minimum Gasteiger partial charge on any atom is -0.481 e. The first-order valence-electron chi connectivity index (χ1n) is 3.50. The zero-order chi connectivity index (χ0) is 8.27. The third kappa shape index (κ3) is 2.36. The second-order valence-electron chi connectivity index (χ2n) is 2.39. The van der Waals surface area contributed by atoms with Crippen molar-refractivity contribution in [3.63, 3.8) is 0 Å². The Morgan fingerprint density at radius 1 is 1.58 bits per heavy atom. The summed E-state index contributed by atoms with van der Waals surface area (Å²) in [5.41, 5.74) is 6.61. The van der Waals surface area contributed by atoms with Crippen LogP contribution >= 0.6 is 12.4 Å². The van der Waals surface area contributed by atoms with E-state index in [-0.39, 0.29) is 18.4 Å². The van der Waals surface area contributed by atoms with Crippen LogP contribution in [0.25, 0.3) is 0 Å². The summed E-state index contributed by atoms with van der Waals surface area (Å²) in [4.78, 5) is 4.02. The molecule has 1 rings (SSSR count). The molecule has 0 amide bonds. The predicted octanol–water partition coefficient (Wildman–Crippen LogP) is 1.53. The van der Waals surface area contributed by atoms with Gasteiger partial charge in [0.15, 0.2) is 0 Å². The van der Waals surface area contributed by atoms with E-state index in [4.69, 9.17) is 10.5 Å². The molecule has 1 heterocycles. The van der Waals surface area contributed by atoms with Gasteiger partial charge in [0, 0.05) is 17.8 Å². The fourth-order valence-corrected chi connectivity index (χ4v) is 0.920. The first kappa shape index (κ1) is 11.2. The van der Waals surface area contributed by atoms with E-state index in [9.17, 15) is 0 Å². The number of nitrogens with two attached hydrogens (primary N) is 1. The van der Waals surface area contributed by atoms with Crippen LogP contribution in [-0.2, 0) is 0 Å². The molecular formula is C8H13ClN2O. The van der Waals surface area contributed by atoms with Gasteiger partial charge in [-0.15, -0.1) is 12.4 Å². The zero-order valence-electron chi connectivity index (χ0n) is 7.15. The molecule has 12 heavy (non-hydrogen) atoms. The van der Waals surface area contributed by atoms with Gasteiger partial charge in [0.2, 0.25) is 5.88 Å². The molecule has 3 nitrogen and oxygen atoms in total. The lowest BCUT2D eigenvalue weighted by Gasteiger charge is -2.08. The summed E-state index contributed by atoms with van der Waals surface area (Å²) >= 11 is 0. The Morgan fingerprint density at radius 3 is 2.67 bits per heavy atom. The molecule has 0 aromatic carbocycles. The number of hydrogen-bond acceptors (Lipinski definition) is 3. The van der Waals surface area contributed by atoms with Crippen LogP contribution in [0.4, 0.5) is 0 Å². The Bertz CT molecular complexity index is 240. The van der Waals surface area contributed by atoms with Crippen molar-refractivity contribution in [1.29, 1.82) is 0 Å². The van der Waals surface area contributed by atoms with Gasteiger partial charge in [-0.25, -0.2) is 4.98 Å². The van der Waals surface area contributed by atoms with Crippen LogP contribution in [0.3, 0.4) is 0 Å². The van der Waals surface area contributed by atoms with Crippen LogP contribution in [0.5, 0.6) is 5.88 Å². The smallest absolute Gasteiger partial charge is 0.217 e. The lowest BCUT2D eigenvalue weighted by Crippen LogP contribution is -2.07. The number of rotatable bonds is 2. The van der Waals surface area contributed by atoms with Crippen molar-refractivity contribution in [2.24, 2.45) is 5.73 Å². The van der Waals surface area contributed by atoms with Crippen LogP contribution in [0.15, 0.2) is 18.3 Å². The average Bonchev–Trinajstić information content (AvgIpc) is 2.04. The highest BCUT2D eigenvalue weighted by Crippen LogP contribution is 2.19. The maximum absolute atomic E-state index is 5.67. The minimum atomic E-state index is -0.0290. The zero-order valence-corrected chi connectivity index (χ0v) is 7.97. The Balaban J connectivity index is 0.00000121. The van der Waals surface area contributed by atoms with Crippen LogP contribution < -0.4 is 10.5 Å². The second kappa shape index (κ2) is 4.95. The van der Waals surface area contributed by atoms with Crippen LogP contribution in [-0.4, -0.2) is 12.1 Å². The van der Waals surface area contributed by atoms with Crippen molar-refractivity contribution in [2.75, 3.05) is 7.11 Å². The third-order valence-electron chi connectivity index (χ3n) is 1.48. The number of hydrogen-bond donors (Lipinski definition) is 1. The van der Waals surface area contributed by atoms with Gasteiger partial charge in [-0.1, -0.05) is 6.07 Å². The molecule has 1 aromatic rings. The number of methoxy groups -OCH3 is 1. The summed E-state index contributed by atoms with van der Waals surface area (Å²) in [5, 5.41) is 0. The molecule has 2 N–H and O–H groups in total. The summed E-state index contributed by atoms with van der Waals surface area (Å²) in [6, 6.07) is 3.73. The van der Waals surface area contributed by atoms with Gasteiger partial charge in [-0.3, -0.25) is 0 Å². The van der Waals surface area contributed by atoms with Crippen molar-refractivity contribution in [3.8, 4) is 5.88 Å². The Morgan fingerprint density at radius 2 is 2.25 bits per heavy atom. The number of pyridine rings is 1. The maximum atomic E-state index is 5.67. The van der Waals surface area contributed by atoms with Crippen LogP contribution in [0.1, 0.15) is 18.5 Å². The monoisotopic (exact) mass is 188 g/mol. The molecule has 0 spiro atoms. The van der Waals surface area contributed by atoms with Gasteiger partial charge >= 0.3 is 0 Å². The van der Waals surface area contributed by atoms with Gasteiger partial charge < -0.3 is 10.5 Å². The van der Waals surface area contributed by atoms with E-state index in [2.05, 4.69) is 4.98 Å². The molecule has 0 saturated heterocycles. The highest BCUT2D eigenvalue weighted by molar-refractivity contribution is 5.85. The van der Waals surface area contributed by atoms with Crippen molar-refractivity contribution >= 4 is 12.4 Å². The predicted molar refractivity (Wildman–Crippen MR) is 50.6 cm³/mol. The van der Waals surface area contributed by atoms with E-state index < -0.39 is 0 Å². The number of halogens is 1. The van der Waals surface area contributed by atoms with Crippen LogP contribution in [0, 0.1) is 0 Å². The van der Waals surface area contributed by atoms with Gasteiger partial charge in [-0.2, -0.15) is 0 Å². The fraction of sp³-hybridized carbons (Fsp3) is 0.375. The fourth-order valence-electron chi connectivity index (χ4n) is 0.920. The summed E-state index contributed by atoms with van der Waals surface area (Å²) < 4.78 is 5.02. The van der Waals surface area contributed by atoms with E-state index in [0.717, 1.165) is 5.56 Å². The third-order valence-corrected chi connectivity index (χ3v) is 1.48. The molecule has 1 unspecified atom stereocenters. The minimum absolute atomic E-state index is 0. The molecule has 1 atom stereocenters. The Kier molecular flexibility index (Phi) is 4.62. The molecule has 1 aromatic heterocycles. The van der Waals surface area contributed by atoms with E-state index in [1.807, 2.05) is 19.1 Å². The van der Waals surface area contributed by atoms with Crippen molar-refractivity contribution in [1.82, 2.24) is 4.98 Å². The van der Waals surface area contributed by atoms with E-state index in [1.54, 1.807) is 13.3 Å². The first-order valence-corrected chi connectivity index (χ1v) is 3.50. The highest BCUT2D eigenvalue weighted by atomic mass is 35.5. The number of aromatic nitrogens is 1. The molecule has 0 aliphatic heterocycles. The SMILES string of the molecule is COc1ncccc1C(C)N.Cl. The molecule has 0 radical (unpaired) electrons. The summed E-state index contributed by atoms with van der Waals surface area (Å²) in [6.45, 7) is 1.90. The summed E-state index contributed by atoms with van der Waals surface area (Å²) in [7, 11) is 1.59. The molecule has 4 heteroatoms. The molecule has 68 valence electrons. The van der Waals surface area contributed by atoms with E-state index >= 15 is 0 Å². The van der Waals surface area contributed by atoms with Crippen molar-refractivity contribution < 1.29 is 4.74 Å². The lowest BCUT2D eigenvalue weighted by atomic mass is 10.1. The maximum Gasteiger partial charge on any atom is 0.217 e. The molecule has 0 aliphatic carbocycles. The van der Waals surface area contributed by atoms with Gasteiger partial charge in [0.05, 0.1) is 7.11 Å². The molecular weight excluding hydrogens is 176 g/mol.